The number of benzene rings is 2. The number of hydrogen-bond acceptors (Lipinski definition) is 6. The minimum absolute atomic E-state index is 0.0443. The maximum Gasteiger partial charge on any atom is 0.416 e. The molecule has 1 spiro atoms. The summed E-state index contributed by atoms with van der Waals surface area (Å²) in [6, 6.07) is 7.66. The van der Waals surface area contributed by atoms with Crippen LogP contribution >= 0.6 is 0 Å². The highest BCUT2D eigenvalue weighted by Crippen LogP contribution is 2.50. The lowest BCUT2D eigenvalue weighted by molar-refractivity contribution is -0.345. The molecule has 5 rings (SSSR count). The smallest absolute Gasteiger partial charge is 0.416 e. The van der Waals surface area contributed by atoms with E-state index in [2.05, 4.69) is 9.72 Å². The Morgan fingerprint density at radius 1 is 1.12 bits per heavy atom. The maximum atomic E-state index is 14.0. The molecular formula is C27H24F6N4O5. The molecule has 3 aromatic rings. The number of halogens is 6. The van der Waals surface area contributed by atoms with Gasteiger partial charge in [0.05, 0.1) is 28.5 Å². The van der Waals surface area contributed by atoms with E-state index in [9.17, 15) is 40.7 Å². The third kappa shape index (κ3) is 5.16. The zero-order valence-corrected chi connectivity index (χ0v) is 22.2. The average molecular weight is 599 g/mol. The van der Waals surface area contributed by atoms with Gasteiger partial charge in [-0.3, -0.25) is 19.0 Å². The molecule has 1 N–H and O–H groups in total. The van der Waals surface area contributed by atoms with Gasteiger partial charge in [-0.1, -0.05) is 0 Å². The number of amides is 1. The minimum Gasteiger partial charge on any atom is -0.480 e. The van der Waals surface area contributed by atoms with E-state index in [-0.39, 0.29) is 54.1 Å². The predicted octanol–water partition coefficient (Wildman–Crippen LogP) is 3.85. The lowest BCUT2D eigenvalue weighted by Crippen LogP contribution is -2.74. The van der Waals surface area contributed by atoms with Gasteiger partial charge < -0.3 is 19.6 Å². The Morgan fingerprint density at radius 2 is 1.76 bits per heavy atom. The van der Waals surface area contributed by atoms with Crippen molar-refractivity contribution in [1.29, 1.82) is 0 Å². The molecule has 224 valence electrons. The van der Waals surface area contributed by atoms with Crippen molar-refractivity contribution in [1.82, 2.24) is 14.5 Å². The quantitative estimate of drug-likeness (QED) is 0.430. The van der Waals surface area contributed by atoms with E-state index < -0.39 is 53.4 Å². The number of anilines is 1. The van der Waals surface area contributed by atoms with E-state index >= 15 is 0 Å². The van der Waals surface area contributed by atoms with E-state index in [1.807, 2.05) is 0 Å². The van der Waals surface area contributed by atoms with Gasteiger partial charge in [0.2, 0.25) is 0 Å². The summed E-state index contributed by atoms with van der Waals surface area (Å²) in [5.41, 5.74) is -2.78. The summed E-state index contributed by atoms with van der Waals surface area (Å²) < 4.78 is 86.7. The Bertz CT molecular complexity index is 1630. The number of rotatable bonds is 6. The molecule has 1 aromatic heterocycles. The fraction of sp³-hybridized carbons (Fsp3) is 0.407. The third-order valence-electron chi connectivity index (χ3n) is 7.62. The summed E-state index contributed by atoms with van der Waals surface area (Å²) in [4.78, 5) is 43.7. The van der Waals surface area contributed by atoms with Gasteiger partial charge in [0.15, 0.2) is 6.10 Å². The van der Waals surface area contributed by atoms with Crippen molar-refractivity contribution in [2.45, 2.75) is 38.5 Å². The van der Waals surface area contributed by atoms with Crippen molar-refractivity contribution in [3.63, 3.8) is 0 Å². The molecule has 2 fully saturated rings. The second kappa shape index (κ2) is 10.00. The second-order valence-corrected chi connectivity index (χ2v) is 10.6. The van der Waals surface area contributed by atoms with E-state index in [1.165, 1.54) is 48.0 Å². The first kappa shape index (κ1) is 29.4. The maximum absolute atomic E-state index is 14.0. The number of likely N-dealkylation sites (tertiary alicyclic amines) is 1. The highest BCUT2D eigenvalue weighted by Gasteiger charge is 2.66. The number of aromatic nitrogens is 2. The van der Waals surface area contributed by atoms with Crippen LogP contribution in [0.5, 0.6) is 0 Å². The Morgan fingerprint density at radius 3 is 2.29 bits per heavy atom. The van der Waals surface area contributed by atoms with Crippen molar-refractivity contribution in [2.24, 2.45) is 5.41 Å². The standard InChI is InChI=1S/C27H24F6N4O5/c1-14-34-20-8-19(26(28,29)30)16(7-18(20)23(41)37(14)10-21(38)39)9-35(2)17-5-3-15(4-6-17)22(40)36-11-25(12-36)13-42-24(25)27(31,32)33/h3-8,24H,9-13H2,1-2H3,(H,38,39). The van der Waals surface area contributed by atoms with Crippen LogP contribution in [0.2, 0.25) is 0 Å². The summed E-state index contributed by atoms with van der Waals surface area (Å²) in [7, 11) is 1.50. The van der Waals surface area contributed by atoms with Crippen molar-refractivity contribution in [2.75, 3.05) is 31.6 Å². The molecule has 15 heteroatoms. The van der Waals surface area contributed by atoms with Crippen LogP contribution in [0.25, 0.3) is 10.9 Å². The first-order valence-electron chi connectivity index (χ1n) is 12.6. The summed E-state index contributed by atoms with van der Waals surface area (Å²) in [6.45, 7) is 0.0449. The van der Waals surface area contributed by atoms with Crippen LogP contribution in [-0.4, -0.2) is 70.5 Å². The summed E-state index contributed by atoms with van der Waals surface area (Å²) >= 11 is 0. The van der Waals surface area contributed by atoms with Gasteiger partial charge >= 0.3 is 18.3 Å². The number of alkyl halides is 6. The molecule has 42 heavy (non-hydrogen) atoms. The van der Waals surface area contributed by atoms with Gasteiger partial charge in [0.25, 0.3) is 11.5 Å². The largest absolute Gasteiger partial charge is 0.480 e. The molecule has 9 nitrogen and oxygen atoms in total. The molecule has 1 amide bonds. The van der Waals surface area contributed by atoms with E-state index in [4.69, 9.17) is 5.11 Å². The molecule has 0 bridgehead atoms. The molecule has 1 atom stereocenters. The van der Waals surface area contributed by atoms with E-state index in [1.54, 1.807) is 0 Å². The fourth-order valence-electron chi connectivity index (χ4n) is 5.49. The number of carbonyl (C=O) groups is 2. The zero-order valence-electron chi connectivity index (χ0n) is 22.2. The van der Waals surface area contributed by atoms with Gasteiger partial charge in [-0.25, -0.2) is 4.98 Å². The number of carboxylic acid groups (broad SMARTS) is 1. The number of hydrogen-bond donors (Lipinski definition) is 1. The van der Waals surface area contributed by atoms with Crippen molar-refractivity contribution >= 4 is 28.5 Å². The number of fused-ring (bicyclic) bond motifs is 1. The average Bonchev–Trinajstić information content (AvgIpc) is 2.83. The van der Waals surface area contributed by atoms with Crippen molar-refractivity contribution in [3.05, 3.63) is 69.3 Å². The van der Waals surface area contributed by atoms with Gasteiger partial charge in [0, 0.05) is 37.9 Å². The molecule has 2 aliphatic rings. The topological polar surface area (TPSA) is 105 Å². The normalized spacial score (nSPS) is 18.1. The van der Waals surface area contributed by atoms with Crippen molar-refractivity contribution < 1.29 is 45.8 Å². The van der Waals surface area contributed by atoms with Gasteiger partial charge in [-0.2, -0.15) is 26.3 Å². The van der Waals surface area contributed by atoms with E-state index in [0.29, 0.717) is 5.69 Å². The Kier molecular flexibility index (Phi) is 6.99. The molecule has 0 aliphatic carbocycles. The van der Waals surface area contributed by atoms with E-state index in [0.717, 1.165) is 16.7 Å². The van der Waals surface area contributed by atoms with Gasteiger partial charge in [-0.05, 0) is 48.9 Å². The van der Waals surface area contributed by atoms with Crippen LogP contribution in [0.3, 0.4) is 0 Å². The van der Waals surface area contributed by atoms with Crippen LogP contribution in [0.4, 0.5) is 32.0 Å². The number of nitrogens with zero attached hydrogens (tertiary/aromatic N) is 4. The summed E-state index contributed by atoms with van der Waals surface area (Å²) in [5, 5.41) is 8.93. The van der Waals surface area contributed by atoms with Crippen LogP contribution in [0.1, 0.15) is 27.3 Å². The molecule has 1 unspecified atom stereocenters. The monoisotopic (exact) mass is 598 g/mol. The van der Waals surface area contributed by atoms with Crippen LogP contribution < -0.4 is 10.5 Å². The van der Waals surface area contributed by atoms with Crippen LogP contribution in [0.15, 0.2) is 41.2 Å². The van der Waals surface area contributed by atoms with Crippen molar-refractivity contribution in [3.8, 4) is 0 Å². The predicted molar refractivity (Wildman–Crippen MR) is 136 cm³/mol. The summed E-state index contributed by atoms with van der Waals surface area (Å²) in [5.74, 6) is -1.83. The van der Waals surface area contributed by atoms with Crippen LogP contribution in [-0.2, 0) is 28.8 Å². The molecular weight excluding hydrogens is 574 g/mol. The lowest BCUT2D eigenvalue weighted by Gasteiger charge is -2.59. The first-order chi connectivity index (χ1) is 19.5. The molecule has 0 radical (unpaired) electrons. The number of ether oxygens (including phenoxy) is 1. The Balaban J connectivity index is 1.36. The highest BCUT2D eigenvalue weighted by atomic mass is 19.4. The molecule has 2 saturated heterocycles. The lowest BCUT2D eigenvalue weighted by atomic mass is 9.71. The van der Waals surface area contributed by atoms with Gasteiger partial charge in [-0.15, -0.1) is 0 Å². The SMILES string of the molecule is Cc1nc2cc(C(F)(F)F)c(CN(C)c3ccc(C(=O)N4CC5(COC5C(F)(F)F)C4)cc3)cc2c(=O)n1CC(=O)O. The highest BCUT2D eigenvalue weighted by molar-refractivity contribution is 5.95. The number of aliphatic carboxylic acids is 1. The summed E-state index contributed by atoms with van der Waals surface area (Å²) in [6.07, 6.45) is -11.2. The molecule has 2 aliphatic heterocycles. The molecule has 2 aromatic carbocycles. The third-order valence-corrected chi connectivity index (χ3v) is 7.62. The fourth-order valence-corrected chi connectivity index (χ4v) is 5.49. The molecule has 0 saturated carbocycles. The zero-order chi connectivity index (χ0) is 30.8. The number of aryl methyl sites for hydroxylation is 1. The van der Waals surface area contributed by atoms with Crippen LogP contribution in [0, 0.1) is 12.3 Å². The number of carboxylic acids is 1. The minimum atomic E-state index is -4.78. The number of carbonyl (C=O) groups excluding carboxylic acids is 1. The second-order valence-electron chi connectivity index (χ2n) is 10.6. The Labute approximate surface area is 233 Å². The van der Waals surface area contributed by atoms with Gasteiger partial charge in [0.1, 0.15) is 12.4 Å². The Hall–Kier alpha value is -4.14. The first-order valence-corrected chi connectivity index (χ1v) is 12.6. The molecule has 3 heterocycles.